The van der Waals surface area contributed by atoms with Crippen LogP contribution in [0.3, 0.4) is 0 Å². The Morgan fingerprint density at radius 2 is 1.97 bits per heavy atom. The van der Waals surface area contributed by atoms with E-state index < -0.39 is 0 Å². The maximum atomic E-state index is 12.6. The van der Waals surface area contributed by atoms with Crippen molar-refractivity contribution in [2.24, 2.45) is 0 Å². The smallest absolute Gasteiger partial charge is 0.253 e. The minimum atomic E-state index is -0.254. The van der Waals surface area contributed by atoms with Gasteiger partial charge in [-0.3, -0.25) is 14.2 Å². The maximum Gasteiger partial charge on any atom is 0.253 e. The Bertz CT molecular complexity index is 1390. The summed E-state index contributed by atoms with van der Waals surface area (Å²) in [6.45, 7) is 2.26. The zero-order valence-corrected chi connectivity index (χ0v) is 20.9. The minimum absolute atomic E-state index is 0.120. The second kappa shape index (κ2) is 10.5. The van der Waals surface area contributed by atoms with Crippen molar-refractivity contribution in [1.82, 2.24) is 9.55 Å². The number of carbonyl (C=O) groups excluding carboxylic acids is 1. The van der Waals surface area contributed by atoms with Gasteiger partial charge in [-0.2, -0.15) is 0 Å². The molecule has 2 heterocycles. The topological polar surface area (TPSA) is 64.0 Å². The van der Waals surface area contributed by atoms with Crippen LogP contribution in [0.4, 0.5) is 5.13 Å². The van der Waals surface area contributed by atoms with Gasteiger partial charge in [0.05, 0.1) is 0 Å². The molecular formula is C24H20ClN3O2S3. The van der Waals surface area contributed by atoms with E-state index in [1.807, 2.05) is 24.3 Å². The fraction of sp³-hybridized carbons (Fsp3) is 0.167. The second-order valence-electron chi connectivity index (χ2n) is 7.44. The van der Waals surface area contributed by atoms with Crippen LogP contribution < -0.4 is 10.9 Å². The highest BCUT2D eigenvalue weighted by Crippen LogP contribution is 2.29. The van der Waals surface area contributed by atoms with E-state index in [0.29, 0.717) is 19.0 Å². The highest BCUT2D eigenvalue weighted by Gasteiger charge is 2.11. The third-order valence-corrected chi connectivity index (χ3v) is 7.57. The van der Waals surface area contributed by atoms with E-state index in [1.54, 1.807) is 12.3 Å². The molecule has 2 aromatic heterocycles. The number of aryl methyl sites for hydroxylation is 1. The van der Waals surface area contributed by atoms with Gasteiger partial charge in [-0.1, -0.05) is 59.6 Å². The van der Waals surface area contributed by atoms with Gasteiger partial charge < -0.3 is 5.32 Å². The number of benzene rings is 2. The Balaban J connectivity index is 1.38. The number of nitrogens with one attached hydrogen (secondary N) is 1. The Hall–Kier alpha value is -2.65. The van der Waals surface area contributed by atoms with Crippen LogP contribution in [-0.4, -0.2) is 15.5 Å². The third-order valence-electron chi connectivity index (χ3n) is 4.90. The van der Waals surface area contributed by atoms with Crippen LogP contribution in [0.5, 0.6) is 0 Å². The summed E-state index contributed by atoms with van der Waals surface area (Å²) in [4.78, 5) is 31.2. The summed E-state index contributed by atoms with van der Waals surface area (Å²) < 4.78 is 1.84. The molecule has 0 unspecified atom stereocenters. The van der Waals surface area contributed by atoms with Gasteiger partial charge in [0.2, 0.25) is 5.91 Å². The molecule has 0 atom stereocenters. The number of nitrogens with zero attached hydrogens (tertiary/aromatic N) is 2. The molecule has 0 saturated heterocycles. The standard InChI is InChI=1S/C24H20ClN3O2S3/c1-15-5-4-6-16(11-15)12-17-14-26-23(32-17)27-21(29)9-10-28-22(30)13-20(33-24(28)31)18-7-2-3-8-19(18)25/h2-8,11,13-14H,9-10,12H2,1H3,(H,26,27,29). The first-order valence-corrected chi connectivity index (χ1v) is 12.6. The Kier molecular flexibility index (Phi) is 7.49. The van der Waals surface area contributed by atoms with Crippen molar-refractivity contribution in [3.05, 3.63) is 96.1 Å². The van der Waals surface area contributed by atoms with Gasteiger partial charge in [-0.25, -0.2) is 4.98 Å². The van der Waals surface area contributed by atoms with E-state index in [-0.39, 0.29) is 24.4 Å². The average molecular weight is 514 g/mol. The summed E-state index contributed by atoms with van der Waals surface area (Å²) in [5, 5.41) is 3.93. The zero-order valence-electron chi connectivity index (χ0n) is 17.7. The third kappa shape index (κ3) is 6.03. The molecular weight excluding hydrogens is 494 g/mol. The van der Waals surface area contributed by atoms with Gasteiger partial charge in [-0.05, 0) is 30.8 Å². The predicted molar refractivity (Wildman–Crippen MR) is 139 cm³/mol. The van der Waals surface area contributed by atoms with Crippen molar-refractivity contribution in [1.29, 1.82) is 0 Å². The van der Waals surface area contributed by atoms with E-state index in [2.05, 4.69) is 35.4 Å². The number of rotatable bonds is 7. The quantitative estimate of drug-likeness (QED) is 0.293. The molecule has 0 aliphatic rings. The van der Waals surface area contributed by atoms with Crippen molar-refractivity contribution in [3.63, 3.8) is 0 Å². The van der Waals surface area contributed by atoms with Crippen molar-refractivity contribution in [2.75, 3.05) is 5.32 Å². The van der Waals surface area contributed by atoms with Gasteiger partial charge >= 0.3 is 0 Å². The first-order chi connectivity index (χ1) is 15.9. The molecule has 4 aromatic rings. The normalized spacial score (nSPS) is 10.8. The number of anilines is 1. The Morgan fingerprint density at radius 3 is 2.73 bits per heavy atom. The number of aromatic nitrogens is 2. The Morgan fingerprint density at radius 1 is 1.15 bits per heavy atom. The van der Waals surface area contributed by atoms with Gasteiger partial charge in [0, 0.05) is 52.0 Å². The molecule has 1 N–H and O–H groups in total. The summed E-state index contributed by atoms with van der Waals surface area (Å²) in [7, 11) is 0. The molecule has 9 heteroatoms. The number of amides is 1. The molecule has 2 aromatic carbocycles. The summed E-state index contributed by atoms with van der Waals surface area (Å²) >= 11 is 14.4. The molecule has 0 aliphatic heterocycles. The van der Waals surface area contributed by atoms with Crippen LogP contribution in [0.25, 0.3) is 10.4 Å². The fourth-order valence-electron chi connectivity index (χ4n) is 3.32. The maximum absolute atomic E-state index is 12.6. The van der Waals surface area contributed by atoms with Gasteiger partial charge in [0.1, 0.15) is 0 Å². The molecule has 0 bridgehead atoms. The van der Waals surface area contributed by atoms with Crippen LogP contribution in [0.2, 0.25) is 5.02 Å². The number of hydrogen-bond acceptors (Lipinski definition) is 6. The van der Waals surface area contributed by atoms with Crippen LogP contribution in [-0.2, 0) is 17.8 Å². The zero-order chi connectivity index (χ0) is 23.4. The van der Waals surface area contributed by atoms with Gasteiger partial charge in [0.15, 0.2) is 9.09 Å². The molecule has 5 nitrogen and oxygen atoms in total. The lowest BCUT2D eigenvalue weighted by Gasteiger charge is -2.08. The summed E-state index contributed by atoms with van der Waals surface area (Å²) in [5.41, 5.74) is 2.93. The van der Waals surface area contributed by atoms with E-state index >= 15 is 0 Å². The van der Waals surface area contributed by atoms with E-state index in [9.17, 15) is 9.59 Å². The molecule has 0 spiro atoms. The summed E-state index contributed by atoms with van der Waals surface area (Å²) in [5.74, 6) is -0.215. The van der Waals surface area contributed by atoms with Crippen molar-refractivity contribution < 1.29 is 4.79 Å². The highest BCUT2D eigenvalue weighted by molar-refractivity contribution is 7.73. The monoisotopic (exact) mass is 513 g/mol. The first-order valence-electron chi connectivity index (χ1n) is 10.2. The van der Waals surface area contributed by atoms with E-state index in [1.165, 1.54) is 44.4 Å². The molecule has 168 valence electrons. The SMILES string of the molecule is Cc1cccc(Cc2cnc(NC(=O)CCn3c(=O)cc(-c4ccccc4Cl)sc3=S)s2)c1. The lowest BCUT2D eigenvalue weighted by atomic mass is 10.1. The van der Waals surface area contributed by atoms with Crippen molar-refractivity contribution >= 4 is 57.5 Å². The van der Waals surface area contributed by atoms with E-state index in [0.717, 1.165) is 16.9 Å². The molecule has 0 aliphatic carbocycles. The Labute approximate surface area is 209 Å². The number of carbonyl (C=O) groups is 1. The molecule has 0 fully saturated rings. The fourth-order valence-corrected chi connectivity index (χ4v) is 5.85. The van der Waals surface area contributed by atoms with Crippen LogP contribution in [0.1, 0.15) is 22.4 Å². The molecule has 0 radical (unpaired) electrons. The lowest BCUT2D eigenvalue weighted by molar-refractivity contribution is -0.116. The minimum Gasteiger partial charge on any atom is -0.302 e. The summed E-state index contributed by atoms with van der Waals surface area (Å²) in [6.07, 6.45) is 2.67. The van der Waals surface area contributed by atoms with Crippen molar-refractivity contribution in [3.8, 4) is 10.4 Å². The summed E-state index contributed by atoms with van der Waals surface area (Å²) in [6, 6.07) is 17.1. The highest BCUT2D eigenvalue weighted by atomic mass is 35.5. The number of hydrogen-bond donors (Lipinski definition) is 1. The average Bonchev–Trinajstić information content (AvgIpc) is 3.20. The van der Waals surface area contributed by atoms with Crippen LogP contribution >= 0.6 is 46.5 Å². The molecule has 33 heavy (non-hydrogen) atoms. The van der Waals surface area contributed by atoms with Crippen LogP contribution in [0.15, 0.2) is 65.6 Å². The number of thiazole rings is 1. The molecule has 1 amide bonds. The predicted octanol–water partition coefficient (Wildman–Crippen LogP) is 6.34. The van der Waals surface area contributed by atoms with Gasteiger partial charge in [-0.15, -0.1) is 22.7 Å². The molecule has 0 saturated carbocycles. The number of halogens is 1. The second-order valence-corrected chi connectivity index (χ2v) is 10.6. The van der Waals surface area contributed by atoms with Crippen LogP contribution in [0, 0.1) is 10.9 Å². The first kappa shape index (κ1) is 23.5. The van der Waals surface area contributed by atoms with E-state index in [4.69, 9.17) is 23.8 Å². The van der Waals surface area contributed by atoms with Gasteiger partial charge in [0.25, 0.3) is 5.56 Å². The lowest BCUT2D eigenvalue weighted by Crippen LogP contribution is -2.22. The largest absolute Gasteiger partial charge is 0.302 e. The molecule has 4 rings (SSSR count). The van der Waals surface area contributed by atoms with Crippen molar-refractivity contribution in [2.45, 2.75) is 26.3 Å².